The van der Waals surface area contributed by atoms with Gasteiger partial charge in [-0.25, -0.2) is 0 Å². The van der Waals surface area contributed by atoms with E-state index in [-0.39, 0.29) is 0 Å². The predicted octanol–water partition coefficient (Wildman–Crippen LogP) is -8.41. The zero-order valence-corrected chi connectivity index (χ0v) is 35.7. The van der Waals surface area contributed by atoms with Gasteiger partial charge in [-0.2, -0.15) is 72.5 Å². The van der Waals surface area contributed by atoms with Crippen molar-refractivity contribution in [3.63, 3.8) is 0 Å². The zero-order chi connectivity index (χ0) is 37.5. The molecule has 41 heteroatoms. The summed E-state index contributed by atoms with van der Waals surface area (Å²) in [6.45, 7) is 0. The summed E-state index contributed by atoms with van der Waals surface area (Å²) in [5, 5.41) is 0. The molecule has 0 amide bonds. The van der Waals surface area contributed by atoms with Gasteiger partial charge in [0.2, 0.25) is 0 Å². The molecule has 0 aliphatic rings. The van der Waals surface area contributed by atoms with E-state index in [1.165, 1.54) is 0 Å². The van der Waals surface area contributed by atoms with Crippen molar-refractivity contribution in [2.45, 2.75) is 0 Å². The van der Waals surface area contributed by atoms with E-state index in [9.17, 15) is 39.1 Å². The predicted molar refractivity (Wildman–Crippen MR) is 131 cm³/mol. The zero-order valence-electron chi connectivity index (χ0n) is 17.1. The van der Waals surface area contributed by atoms with Gasteiger partial charge in [-0.3, -0.25) is 27.3 Å². The fourth-order valence-electron chi connectivity index (χ4n) is 0. The number of hydrogen-bond acceptors (Lipinski definition) is 25. The molecule has 0 heterocycles. The minimum atomic E-state index is -4.67. The van der Waals surface area contributed by atoms with Gasteiger partial charge in [-0.05, 0) is 0 Å². The van der Waals surface area contributed by atoms with Gasteiger partial charge in [0.25, 0.3) is 0 Å². The molecule has 23 nitrogen and oxygen atoms in total. The molecule has 0 aromatic carbocycles. The molecule has 0 rings (SSSR count). The molecule has 0 spiro atoms. The third kappa shape index (κ3) is 3620. The first kappa shape index (κ1) is 71.7. The van der Waals surface area contributed by atoms with Crippen LogP contribution < -0.4 is 39.1 Å². The average molecular weight is 1140 g/mol. The molecule has 0 unspecified atom stereocenters. The third-order valence-corrected chi connectivity index (χ3v) is 0. The Morgan fingerprint density at radius 2 is 0.390 bits per heavy atom. The van der Waals surface area contributed by atoms with Crippen molar-refractivity contribution < 1.29 is 161 Å². The fourth-order valence-corrected chi connectivity index (χ4v) is 0. The molecule has 0 aliphatic carbocycles. The second-order valence-electron chi connectivity index (χ2n) is 3.13. The summed E-state index contributed by atoms with van der Waals surface area (Å²) in [5.41, 5.74) is -14.9. The van der Waals surface area contributed by atoms with Crippen LogP contribution in [0.1, 0.15) is 0 Å². The molecule has 0 saturated heterocycles. The van der Waals surface area contributed by atoms with Crippen LogP contribution in [0.5, 0.6) is 0 Å². The Morgan fingerprint density at radius 1 is 0.390 bits per heavy atom. The summed E-state index contributed by atoms with van der Waals surface area (Å²) in [6, 6.07) is 0. The van der Waals surface area contributed by atoms with E-state index in [4.69, 9.17) is 62.8 Å². The second kappa shape index (κ2) is 39.2. The molecule has 248 valence electrons. The molecule has 0 bridgehead atoms. The van der Waals surface area contributed by atoms with Crippen molar-refractivity contribution in [2.75, 3.05) is 0 Å². The first-order valence-corrected chi connectivity index (χ1v) is 26.8. The van der Waals surface area contributed by atoms with Crippen LogP contribution in [0.2, 0.25) is 0 Å². The van der Waals surface area contributed by atoms with Crippen molar-refractivity contribution in [1.29, 1.82) is 0 Å². The molecule has 0 radical (unpaired) electrons. The van der Waals surface area contributed by atoms with Crippen LogP contribution in [0.3, 0.4) is 0 Å². The number of rotatable bonds is 0. The summed E-state index contributed by atoms with van der Waals surface area (Å²) in [4.78, 5) is 74.3. The normalized spacial score (nSPS) is 10.4. The summed E-state index contributed by atoms with van der Waals surface area (Å²) in [6.07, 6.45) is 0. The Bertz CT molecular complexity index is 863. The van der Waals surface area contributed by atoms with Crippen LogP contribution in [-0.4, -0.2) is 52.6 Å². The molecule has 0 atom stereocenters. The Hall–Kier alpha value is 4.75. The van der Waals surface area contributed by atoms with Crippen molar-refractivity contribution >= 4 is 150 Å². The van der Waals surface area contributed by atoms with Crippen LogP contribution in [0.25, 0.3) is 0 Å². The Balaban J connectivity index is -0.0000000331. The summed E-state index contributed by atoms with van der Waals surface area (Å²) in [7, 11) is -14.0. The Kier molecular flexibility index (Phi) is 68.5. The Labute approximate surface area is 307 Å². The summed E-state index contributed by atoms with van der Waals surface area (Å²) in [5.74, 6) is 0. The summed E-state index contributed by atoms with van der Waals surface area (Å²) >= 11 is 31.2. The Morgan fingerprint density at radius 3 is 0.390 bits per heavy atom. The SMILES string of the molecule is O=S(=O)(O)O.O=S(=O)(O)O.O=S(=O)(O)O.[O-]P([O-])(=S)[S-].[O-]P([O-])(=S)[S-].[O-]P([O-])(=S)[S-].[O-]P([O-])(=S)[S-].[O]=[Mo+4].[O]=[Mo+4].[O]=[Mo+4]. The molecule has 6 N–H and O–H groups in total. The van der Waals surface area contributed by atoms with Crippen molar-refractivity contribution in [3.8, 4) is 0 Å². The van der Waals surface area contributed by atoms with E-state index in [0.29, 0.717) is 59.3 Å². The maximum atomic E-state index is 9.29. The molecule has 41 heavy (non-hydrogen) atoms. The van der Waals surface area contributed by atoms with E-state index in [0.717, 1.165) is 0 Å². The van der Waals surface area contributed by atoms with Gasteiger partial charge in [0.1, 0.15) is 0 Å². The first-order valence-electron chi connectivity index (χ1n) is 5.52. The second-order valence-corrected chi connectivity index (χ2v) is 23.7. The maximum absolute atomic E-state index is 9.29. The van der Waals surface area contributed by atoms with E-state index in [1.54, 1.807) is 0 Å². The molecular weight excluding hydrogens is 1130 g/mol. The van der Waals surface area contributed by atoms with Crippen LogP contribution in [-0.2, 0) is 197 Å². The molecule has 0 fully saturated rings. The van der Waals surface area contributed by atoms with Gasteiger partial charge < -0.3 is 111 Å². The standard InChI is InChI=1S/3Mo.3H2O4S.4H3O2PS2.3O/c;;;3*1-5(2,3)4;4*1-3(2,4)5;;;/h;;;3*(H2,1,2,3,4);4*(H3,1,2,4,5);;;/q3*+4;;;;;;;;;;/p-12. The molecule has 0 aliphatic heterocycles. The van der Waals surface area contributed by atoms with Gasteiger partial charge in [0, 0.05) is 0 Å². The van der Waals surface area contributed by atoms with Crippen LogP contribution in [0, 0.1) is 0 Å². The van der Waals surface area contributed by atoms with Gasteiger partial charge in [0.05, 0.1) is 0 Å². The van der Waals surface area contributed by atoms with Crippen LogP contribution >= 0.6 is 22.8 Å². The minimum absolute atomic E-state index is 0.700. The monoisotopic (exact) mass is 1140 g/mol. The van der Waals surface area contributed by atoms with Gasteiger partial charge >= 0.3 is 101 Å². The number of hydrogen-bond donors (Lipinski definition) is 6. The van der Waals surface area contributed by atoms with E-state index < -0.39 is 54.0 Å². The van der Waals surface area contributed by atoms with Crippen molar-refractivity contribution in [2.24, 2.45) is 0 Å². The third-order valence-electron chi connectivity index (χ3n) is 0. The molecule has 0 aromatic rings. The molecule has 0 aromatic heterocycles. The van der Waals surface area contributed by atoms with E-state index in [1.807, 2.05) is 0 Å². The molecule has 0 saturated carbocycles. The van der Waals surface area contributed by atoms with Crippen molar-refractivity contribution in [3.05, 3.63) is 0 Å². The van der Waals surface area contributed by atoms with E-state index in [2.05, 4.69) is 96.2 Å². The quantitative estimate of drug-likeness (QED) is 0.0568. The van der Waals surface area contributed by atoms with Gasteiger partial charge in [-0.1, -0.05) is 0 Å². The van der Waals surface area contributed by atoms with Gasteiger partial charge in [-0.15, -0.1) is 0 Å². The summed E-state index contributed by atoms with van der Waals surface area (Å²) < 4.78 is 120. The molecular formula is H6Mo3O23P4S11. The van der Waals surface area contributed by atoms with Crippen molar-refractivity contribution in [1.82, 2.24) is 0 Å². The topological polar surface area (TPSA) is 459 Å². The van der Waals surface area contributed by atoms with Gasteiger partial charge in [0.15, 0.2) is 0 Å². The van der Waals surface area contributed by atoms with Crippen LogP contribution in [0.4, 0.5) is 0 Å². The first-order chi connectivity index (χ1) is 17.0. The van der Waals surface area contributed by atoms with Crippen LogP contribution in [0.15, 0.2) is 0 Å². The fraction of sp³-hybridized carbons (Fsp3) is 0. The van der Waals surface area contributed by atoms with E-state index >= 15 is 0 Å². The average Bonchev–Trinajstić information content (AvgIpc) is 2.49.